The molecule has 0 amide bonds. The zero-order valence-corrected chi connectivity index (χ0v) is 18.9. The summed E-state index contributed by atoms with van der Waals surface area (Å²) in [5.74, 6) is 0.000463. The Labute approximate surface area is 183 Å². The maximum Gasteiger partial charge on any atom is 0.324 e. The molecular formula is C23H29NO6S. The molecular weight excluding hydrogens is 418 g/mol. The molecule has 7 nitrogen and oxygen atoms in total. The first-order valence-corrected chi connectivity index (χ1v) is 11.8. The first kappa shape index (κ1) is 23.2. The number of sulfonamides is 1. The number of nitrogens with zero attached hydrogens (tertiary/aromatic N) is 1. The maximum absolute atomic E-state index is 13.1. The van der Waals surface area contributed by atoms with Gasteiger partial charge in [-0.3, -0.25) is 4.79 Å². The highest BCUT2D eigenvalue weighted by Crippen LogP contribution is 2.28. The number of hydrogen-bond donors (Lipinski definition) is 1. The molecule has 0 radical (unpaired) electrons. The topological polar surface area (TPSA) is 93.1 Å². The van der Waals surface area contributed by atoms with Crippen molar-refractivity contribution in [1.82, 2.24) is 4.31 Å². The fraction of sp³-hybridized carbons (Fsp3) is 0.435. The second kappa shape index (κ2) is 9.80. The summed E-state index contributed by atoms with van der Waals surface area (Å²) in [6, 6.07) is 11.4. The van der Waals surface area contributed by atoms with Crippen molar-refractivity contribution in [3.05, 3.63) is 59.2 Å². The summed E-state index contributed by atoms with van der Waals surface area (Å²) in [6.07, 6.45) is -0.0320. The van der Waals surface area contributed by atoms with Gasteiger partial charge in [-0.1, -0.05) is 25.1 Å². The molecule has 168 valence electrons. The molecule has 0 saturated carbocycles. The molecule has 1 fully saturated rings. The van der Waals surface area contributed by atoms with Gasteiger partial charge in [0.1, 0.15) is 25.0 Å². The van der Waals surface area contributed by atoms with Crippen molar-refractivity contribution < 1.29 is 27.8 Å². The number of esters is 1. The second-order valence-electron chi connectivity index (χ2n) is 7.74. The first-order valence-electron chi connectivity index (χ1n) is 10.4. The molecule has 1 saturated heterocycles. The van der Waals surface area contributed by atoms with E-state index in [0.29, 0.717) is 5.75 Å². The lowest BCUT2D eigenvalue weighted by atomic mass is 10.1. The van der Waals surface area contributed by atoms with E-state index in [1.165, 1.54) is 6.07 Å². The van der Waals surface area contributed by atoms with Crippen LogP contribution in [0.25, 0.3) is 0 Å². The molecule has 0 aliphatic carbocycles. The van der Waals surface area contributed by atoms with Crippen molar-refractivity contribution >= 4 is 16.0 Å². The lowest BCUT2D eigenvalue weighted by Gasteiger charge is -2.23. The predicted octanol–water partition coefficient (Wildman–Crippen LogP) is 2.61. The van der Waals surface area contributed by atoms with Crippen molar-refractivity contribution in [3.63, 3.8) is 0 Å². The smallest absolute Gasteiger partial charge is 0.324 e. The third kappa shape index (κ3) is 5.44. The number of aryl methyl sites for hydroxylation is 3. The Kier molecular flexibility index (Phi) is 7.35. The lowest BCUT2D eigenvalue weighted by Crippen LogP contribution is -2.41. The number of β-amino-alcohol motifs (C(OH)–C–C–N with tert-alkyl or cyclic N) is 1. The van der Waals surface area contributed by atoms with Gasteiger partial charge >= 0.3 is 5.97 Å². The van der Waals surface area contributed by atoms with E-state index in [0.717, 1.165) is 27.4 Å². The largest absolute Gasteiger partial charge is 0.490 e. The number of carbonyl (C=O) groups excluding carboxylic acids is 1. The molecule has 0 aromatic heterocycles. The monoisotopic (exact) mass is 447 g/mol. The molecule has 0 spiro atoms. The molecule has 3 rings (SSSR count). The maximum atomic E-state index is 13.1. The second-order valence-corrected chi connectivity index (χ2v) is 9.63. The van der Waals surface area contributed by atoms with Gasteiger partial charge in [-0.05, 0) is 61.2 Å². The minimum absolute atomic E-state index is 0.00229. The molecule has 2 atom stereocenters. The van der Waals surface area contributed by atoms with E-state index >= 15 is 0 Å². The van der Waals surface area contributed by atoms with Crippen LogP contribution in [0.15, 0.2) is 47.4 Å². The average molecular weight is 448 g/mol. The molecule has 1 N–H and O–H groups in total. The van der Waals surface area contributed by atoms with Crippen LogP contribution in [0, 0.1) is 13.8 Å². The highest BCUT2D eigenvalue weighted by Gasteiger charge is 2.44. The van der Waals surface area contributed by atoms with Gasteiger partial charge in [0, 0.05) is 13.0 Å². The molecule has 0 bridgehead atoms. The number of hydrogen-bond acceptors (Lipinski definition) is 6. The molecule has 2 aromatic rings. The number of aliphatic hydroxyl groups is 1. The number of carbonyl (C=O) groups is 1. The molecule has 2 unspecified atom stereocenters. The average Bonchev–Trinajstić information content (AvgIpc) is 3.16. The van der Waals surface area contributed by atoms with Crippen molar-refractivity contribution in [1.29, 1.82) is 0 Å². The van der Waals surface area contributed by atoms with Crippen LogP contribution in [0.2, 0.25) is 0 Å². The van der Waals surface area contributed by atoms with Crippen LogP contribution in [0.1, 0.15) is 30.0 Å². The fourth-order valence-corrected chi connectivity index (χ4v) is 5.24. The number of ether oxygens (including phenoxy) is 2. The summed E-state index contributed by atoms with van der Waals surface area (Å²) in [6.45, 7) is 5.77. The van der Waals surface area contributed by atoms with Gasteiger partial charge in [0.2, 0.25) is 10.0 Å². The third-order valence-electron chi connectivity index (χ3n) is 5.49. The summed E-state index contributed by atoms with van der Waals surface area (Å²) >= 11 is 0. The van der Waals surface area contributed by atoms with Crippen LogP contribution in [-0.4, -0.2) is 55.7 Å². The molecule has 2 aromatic carbocycles. The van der Waals surface area contributed by atoms with E-state index in [-0.39, 0.29) is 31.1 Å². The Balaban J connectivity index is 1.63. The number of rotatable bonds is 8. The fourth-order valence-electron chi connectivity index (χ4n) is 3.53. The van der Waals surface area contributed by atoms with Gasteiger partial charge in [-0.25, -0.2) is 8.42 Å². The third-order valence-corrected chi connectivity index (χ3v) is 7.36. The van der Waals surface area contributed by atoms with Gasteiger partial charge in [0.15, 0.2) is 0 Å². The number of aliphatic hydroxyl groups excluding tert-OH is 1. The first-order chi connectivity index (χ1) is 14.7. The zero-order valence-electron chi connectivity index (χ0n) is 18.1. The van der Waals surface area contributed by atoms with Crippen LogP contribution in [0.3, 0.4) is 0 Å². The van der Waals surface area contributed by atoms with Gasteiger partial charge in [-0.2, -0.15) is 4.31 Å². The molecule has 1 aliphatic heterocycles. The van der Waals surface area contributed by atoms with Gasteiger partial charge in [0.05, 0.1) is 11.0 Å². The van der Waals surface area contributed by atoms with Gasteiger partial charge < -0.3 is 14.6 Å². The van der Waals surface area contributed by atoms with E-state index in [1.54, 1.807) is 12.1 Å². The van der Waals surface area contributed by atoms with E-state index in [2.05, 4.69) is 6.92 Å². The summed E-state index contributed by atoms with van der Waals surface area (Å²) in [5.41, 5.74) is 2.95. The van der Waals surface area contributed by atoms with Crippen LogP contribution in [-0.2, 0) is 26.0 Å². The molecule has 8 heteroatoms. The Morgan fingerprint density at radius 2 is 1.90 bits per heavy atom. The minimum atomic E-state index is -3.95. The van der Waals surface area contributed by atoms with Crippen LogP contribution < -0.4 is 4.74 Å². The van der Waals surface area contributed by atoms with Crippen molar-refractivity contribution in [2.24, 2.45) is 0 Å². The summed E-state index contributed by atoms with van der Waals surface area (Å²) in [5, 5.41) is 10.1. The van der Waals surface area contributed by atoms with Gasteiger partial charge in [-0.15, -0.1) is 0 Å². The number of benzene rings is 2. The van der Waals surface area contributed by atoms with E-state index in [9.17, 15) is 18.3 Å². The lowest BCUT2D eigenvalue weighted by molar-refractivity contribution is -0.148. The van der Waals surface area contributed by atoms with E-state index in [1.807, 2.05) is 38.1 Å². The minimum Gasteiger partial charge on any atom is -0.490 e. The standard InChI is InChI=1S/C23H29NO6S/c1-4-18-6-5-7-20(13-18)29-10-11-30-23(26)22-14-19(25)15-24(22)31(27,28)21-9-8-16(2)17(3)12-21/h5-9,12-13,19,22,25H,4,10-11,14-15H2,1-3H3. The molecule has 1 heterocycles. The summed E-state index contributed by atoms with van der Waals surface area (Å²) in [7, 11) is -3.95. The Hall–Kier alpha value is -2.42. The van der Waals surface area contributed by atoms with Crippen molar-refractivity contribution in [2.45, 2.75) is 50.7 Å². The Bertz CT molecular complexity index is 1040. The van der Waals surface area contributed by atoms with Crippen molar-refractivity contribution in [2.75, 3.05) is 19.8 Å². The molecule has 31 heavy (non-hydrogen) atoms. The Morgan fingerprint density at radius 3 is 2.61 bits per heavy atom. The molecule has 1 aliphatic rings. The quantitative estimate of drug-likeness (QED) is 0.494. The van der Waals surface area contributed by atoms with E-state index in [4.69, 9.17) is 9.47 Å². The highest BCUT2D eigenvalue weighted by molar-refractivity contribution is 7.89. The normalized spacial score (nSPS) is 19.4. The van der Waals surface area contributed by atoms with Gasteiger partial charge in [0.25, 0.3) is 0 Å². The zero-order chi connectivity index (χ0) is 22.6. The van der Waals surface area contributed by atoms with Crippen LogP contribution >= 0.6 is 0 Å². The Morgan fingerprint density at radius 1 is 1.13 bits per heavy atom. The predicted molar refractivity (Wildman–Crippen MR) is 116 cm³/mol. The van der Waals surface area contributed by atoms with Crippen molar-refractivity contribution in [3.8, 4) is 5.75 Å². The summed E-state index contributed by atoms with van der Waals surface area (Å²) in [4.78, 5) is 12.7. The SMILES string of the molecule is CCc1cccc(OCCOC(=O)C2CC(O)CN2S(=O)(=O)c2ccc(C)c(C)c2)c1. The summed E-state index contributed by atoms with van der Waals surface area (Å²) < 4.78 is 38.2. The van der Waals surface area contributed by atoms with Crippen LogP contribution in [0.4, 0.5) is 0 Å². The van der Waals surface area contributed by atoms with Crippen LogP contribution in [0.5, 0.6) is 5.75 Å². The van der Waals surface area contributed by atoms with E-state index < -0.39 is 28.1 Å². The highest BCUT2D eigenvalue weighted by atomic mass is 32.2.